The first-order valence-corrected chi connectivity index (χ1v) is 12.8. The molecule has 2 saturated heterocycles. The highest BCUT2D eigenvalue weighted by atomic mass is 16.7. The van der Waals surface area contributed by atoms with Crippen LogP contribution < -0.4 is 10.6 Å². The second-order valence-electron chi connectivity index (χ2n) is 9.53. The quantitative estimate of drug-likeness (QED) is 0.400. The molecule has 2 aliphatic rings. The van der Waals surface area contributed by atoms with E-state index in [2.05, 4.69) is 10.6 Å². The number of ether oxygens (including phenoxy) is 5. The molecular formula is C28H34N2O9. The molecule has 8 atom stereocenters. The van der Waals surface area contributed by atoms with E-state index in [-0.39, 0.29) is 13.2 Å². The fourth-order valence-corrected chi connectivity index (χ4v) is 4.46. The van der Waals surface area contributed by atoms with Gasteiger partial charge in [-0.2, -0.15) is 0 Å². The van der Waals surface area contributed by atoms with Gasteiger partial charge >= 0.3 is 5.97 Å². The van der Waals surface area contributed by atoms with Crippen molar-refractivity contribution < 1.29 is 43.2 Å². The minimum atomic E-state index is -1.43. The molecule has 2 aromatic carbocycles. The number of nitrogens with one attached hydrogen (secondary N) is 2. The third kappa shape index (κ3) is 7.40. The molecule has 210 valence electrons. The Hall–Kier alpha value is -3.35. The Bertz CT molecular complexity index is 1120. The summed E-state index contributed by atoms with van der Waals surface area (Å²) in [5, 5.41) is 15.9. The van der Waals surface area contributed by atoms with E-state index in [9.17, 15) is 19.5 Å². The maximum atomic E-state index is 13.0. The van der Waals surface area contributed by atoms with E-state index in [1.54, 1.807) is 0 Å². The molecule has 0 saturated carbocycles. The Kier molecular flexibility index (Phi) is 9.65. The van der Waals surface area contributed by atoms with Crippen LogP contribution in [0.1, 0.15) is 38.2 Å². The summed E-state index contributed by atoms with van der Waals surface area (Å²) >= 11 is 0. The lowest BCUT2D eigenvalue weighted by molar-refractivity contribution is -0.344. The second-order valence-corrected chi connectivity index (χ2v) is 9.53. The molecule has 11 heteroatoms. The molecule has 2 heterocycles. The van der Waals surface area contributed by atoms with Crippen LogP contribution in [0, 0.1) is 0 Å². The maximum Gasteiger partial charge on any atom is 0.328 e. The van der Waals surface area contributed by atoms with Crippen molar-refractivity contribution in [1.82, 2.24) is 10.6 Å². The summed E-state index contributed by atoms with van der Waals surface area (Å²) in [4.78, 5) is 37.3. The summed E-state index contributed by atoms with van der Waals surface area (Å²) in [5.74, 6) is -1.60. The predicted octanol–water partition coefficient (Wildman–Crippen LogP) is 1.34. The topological polar surface area (TPSA) is 142 Å². The molecule has 2 aliphatic heterocycles. The Morgan fingerprint density at radius 2 is 1.69 bits per heavy atom. The molecule has 0 aliphatic carbocycles. The summed E-state index contributed by atoms with van der Waals surface area (Å²) in [6, 6.07) is 16.5. The lowest BCUT2D eigenvalue weighted by atomic mass is 9.95. The molecule has 2 aromatic rings. The zero-order chi connectivity index (χ0) is 27.9. The second kappa shape index (κ2) is 13.1. The van der Waals surface area contributed by atoms with Crippen molar-refractivity contribution in [3.63, 3.8) is 0 Å². The number of benzene rings is 2. The van der Waals surface area contributed by atoms with Gasteiger partial charge in [0.25, 0.3) is 0 Å². The SMILES string of the molecule is CC(=O)NC1C(O)OC2COC(c3ccccc3)OC2C1O[C@H](C)C(=O)N[C@@H](C)C(=O)OCc1ccccc1. The van der Waals surface area contributed by atoms with Crippen molar-refractivity contribution in [2.45, 2.75) is 76.5 Å². The average Bonchev–Trinajstić information content (AvgIpc) is 2.94. The largest absolute Gasteiger partial charge is 0.459 e. The Morgan fingerprint density at radius 1 is 1.03 bits per heavy atom. The van der Waals surface area contributed by atoms with Crippen LogP contribution >= 0.6 is 0 Å². The van der Waals surface area contributed by atoms with E-state index >= 15 is 0 Å². The fourth-order valence-electron chi connectivity index (χ4n) is 4.46. The summed E-state index contributed by atoms with van der Waals surface area (Å²) in [7, 11) is 0. The predicted molar refractivity (Wildman–Crippen MR) is 137 cm³/mol. The first-order chi connectivity index (χ1) is 18.7. The molecule has 6 unspecified atom stereocenters. The number of esters is 1. The van der Waals surface area contributed by atoms with E-state index in [1.165, 1.54) is 20.8 Å². The molecule has 3 N–H and O–H groups in total. The number of rotatable bonds is 9. The van der Waals surface area contributed by atoms with Crippen LogP contribution in [0.3, 0.4) is 0 Å². The zero-order valence-electron chi connectivity index (χ0n) is 22.0. The van der Waals surface area contributed by atoms with Crippen LogP contribution in [0.5, 0.6) is 0 Å². The summed E-state index contributed by atoms with van der Waals surface area (Å²) < 4.78 is 29.0. The minimum Gasteiger partial charge on any atom is -0.459 e. The lowest BCUT2D eigenvalue weighted by Crippen LogP contribution is -2.67. The van der Waals surface area contributed by atoms with Crippen molar-refractivity contribution in [3.05, 3.63) is 71.8 Å². The van der Waals surface area contributed by atoms with Gasteiger partial charge in [0.2, 0.25) is 11.8 Å². The van der Waals surface area contributed by atoms with Gasteiger partial charge in [0.15, 0.2) is 12.6 Å². The number of carbonyl (C=O) groups excluding carboxylic acids is 3. The molecule has 0 radical (unpaired) electrons. The summed E-state index contributed by atoms with van der Waals surface area (Å²) in [6.45, 7) is 4.49. The molecule has 0 spiro atoms. The highest BCUT2D eigenvalue weighted by Gasteiger charge is 2.51. The number of amides is 2. The van der Waals surface area contributed by atoms with E-state index in [1.807, 2.05) is 60.7 Å². The van der Waals surface area contributed by atoms with Crippen LogP contribution in [0.4, 0.5) is 0 Å². The monoisotopic (exact) mass is 542 g/mol. The summed E-state index contributed by atoms with van der Waals surface area (Å²) in [5.41, 5.74) is 1.59. The number of aliphatic hydroxyl groups is 1. The fraction of sp³-hybridized carbons (Fsp3) is 0.464. The van der Waals surface area contributed by atoms with Crippen molar-refractivity contribution in [1.29, 1.82) is 0 Å². The van der Waals surface area contributed by atoms with Crippen LogP contribution in [0.15, 0.2) is 60.7 Å². The average molecular weight is 543 g/mol. The molecule has 11 nitrogen and oxygen atoms in total. The molecule has 2 fully saturated rings. The molecule has 39 heavy (non-hydrogen) atoms. The van der Waals surface area contributed by atoms with Gasteiger partial charge < -0.3 is 39.4 Å². The van der Waals surface area contributed by atoms with E-state index < -0.39 is 66.9 Å². The minimum absolute atomic E-state index is 0.0787. The Morgan fingerprint density at radius 3 is 2.36 bits per heavy atom. The van der Waals surface area contributed by atoms with Gasteiger partial charge in [0.1, 0.15) is 43.1 Å². The third-order valence-electron chi connectivity index (χ3n) is 6.47. The van der Waals surface area contributed by atoms with Gasteiger partial charge in [0, 0.05) is 12.5 Å². The first-order valence-electron chi connectivity index (χ1n) is 12.8. The van der Waals surface area contributed by atoms with Gasteiger partial charge in [-0.05, 0) is 19.4 Å². The molecular weight excluding hydrogens is 508 g/mol. The van der Waals surface area contributed by atoms with E-state index in [0.29, 0.717) is 0 Å². The van der Waals surface area contributed by atoms with Gasteiger partial charge in [-0.3, -0.25) is 9.59 Å². The smallest absolute Gasteiger partial charge is 0.328 e. The van der Waals surface area contributed by atoms with Crippen LogP contribution in [-0.2, 0) is 44.7 Å². The molecule has 2 amide bonds. The highest BCUT2D eigenvalue weighted by molar-refractivity contribution is 5.86. The van der Waals surface area contributed by atoms with Crippen molar-refractivity contribution in [2.75, 3.05) is 6.61 Å². The number of hydrogen-bond acceptors (Lipinski definition) is 9. The Labute approximate surface area is 226 Å². The maximum absolute atomic E-state index is 13.0. The zero-order valence-corrected chi connectivity index (χ0v) is 22.0. The van der Waals surface area contributed by atoms with Crippen molar-refractivity contribution >= 4 is 17.8 Å². The number of carbonyl (C=O) groups is 3. The van der Waals surface area contributed by atoms with Crippen molar-refractivity contribution in [3.8, 4) is 0 Å². The lowest BCUT2D eigenvalue weighted by Gasteiger charge is -2.48. The summed E-state index contributed by atoms with van der Waals surface area (Å²) in [6.07, 6.45) is -5.71. The van der Waals surface area contributed by atoms with E-state index in [0.717, 1.165) is 11.1 Å². The molecule has 0 bridgehead atoms. The van der Waals surface area contributed by atoms with Gasteiger partial charge in [-0.15, -0.1) is 0 Å². The molecule has 4 rings (SSSR count). The van der Waals surface area contributed by atoms with Crippen LogP contribution in [0.2, 0.25) is 0 Å². The molecule has 0 aromatic heterocycles. The Balaban J connectivity index is 1.42. The van der Waals surface area contributed by atoms with Gasteiger partial charge in [-0.1, -0.05) is 60.7 Å². The van der Waals surface area contributed by atoms with Crippen LogP contribution in [0.25, 0.3) is 0 Å². The van der Waals surface area contributed by atoms with E-state index in [4.69, 9.17) is 23.7 Å². The highest BCUT2D eigenvalue weighted by Crippen LogP contribution is 2.35. The first kappa shape index (κ1) is 28.7. The normalized spacial score (nSPS) is 27.9. The van der Waals surface area contributed by atoms with Gasteiger partial charge in [-0.25, -0.2) is 4.79 Å². The van der Waals surface area contributed by atoms with Gasteiger partial charge in [0.05, 0.1) is 6.61 Å². The van der Waals surface area contributed by atoms with Crippen molar-refractivity contribution in [2.24, 2.45) is 0 Å². The van der Waals surface area contributed by atoms with Crippen LogP contribution in [-0.4, -0.2) is 72.3 Å². The third-order valence-corrected chi connectivity index (χ3v) is 6.47. The number of aliphatic hydroxyl groups excluding tert-OH is 1. The number of fused-ring (bicyclic) bond motifs is 1. The number of hydrogen-bond donors (Lipinski definition) is 3. The standard InChI is InChI=1S/C28H34N2O9/c1-16(26(33)35-14-19-10-6-4-7-11-19)29-25(32)17(2)37-24-22(30-18(3)31)27(34)38-21-15-36-28(39-23(21)24)20-12-8-5-9-13-20/h4-13,16-17,21-24,27-28,34H,14-15H2,1-3H3,(H,29,32)(H,30,31)/t16-,17+,21?,22?,23?,24?,27?,28?/m0/s1.